The van der Waals surface area contributed by atoms with Crippen molar-refractivity contribution in [1.29, 1.82) is 0 Å². The maximum Gasteiger partial charge on any atom is 0.337 e. The molecular formula is C22H26N2O5. The molecule has 0 saturated carbocycles. The highest BCUT2D eigenvalue weighted by molar-refractivity contribution is 6.02. The molecule has 1 unspecified atom stereocenters. The minimum Gasteiger partial charge on any atom is -0.493 e. The molecule has 0 fully saturated rings. The summed E-state index contributed by atoms with van der Waals surface area (Å²) < 4.78 is 10.2. The molecule has 0 spiro atoms. The third-order valence-electron chi connectivity index (χ3n) is 4.24. The predicted octanol–water partition coefficient (Wildman–Crippen LogP) is 3.27. The Balaban J connectivity index is 2.12. The Morgan fingerprint density at radius 1 is 1.00 bits per heavy atom. The van der Waals surface area contributed by atoms with E-state index in [-0.39, 0.29) is 17.7 Å². The molecule has 0 saturated heterocycles. The van der Waals surface area contributed by atoms with Crippen LogP contribution in [0.3, 0.4) is 0 Å². The number of rotatable bonds is 8. The van der Waals surface area contributed by atoms with Gasteiger partial charge in [-0.05, 0) is 49.2 Å². The minimum atomic E-state index is -0.752. The molecule has 7 heteroatoms. The van der Waals surface area contributed by atoms with E-state index in [1.165, 1.54) is 7.11 Å². The van der Waals surface area contributed by atoms with Gasteiger partial charge in [0.15, 0.2) is 0 Å². The lowest BCUT2D eigenvalue weighted by molar-refractivity contribution is -0.118. The van der Waals surface area contributed by atoms with Crippen molar-refractivity contribution < 1.29 is 23.9 Å². The molecule has 0 aliphatic heterocycles. The summed E-state index contributed by atoms with van der Waals surface area (Å²) in [5, 5.41) is 5.55. The van der Waals surface area contributed by atoms with E-state index in [4.69, 9.17) is 4.74 Å². The molecule has 0 aliphatic carbocycles. The first-order chi connectivity index (χ1) is 13.9. The molecule has 2 aromatic carbocycles. The number of para-hydroxylation sites is 1. The van der Waals surface area contributed by atoms with Gasteiger partial charge in [-0.25, -0.2) is 4.79 Å². The second-order valence-electron chi connectivity index (χ2n) is 6.68. The number of carbonyl (C=O) groups excluding carboxylic acids is 3. The second kappa shape index (κ2) is 10.3. The Hall–Kier alpha value is -3.35. The maximum absolute atomic E-state index is 12.8. The van der Waals surface area contributed by atoms with Gasteiger partial charge in [-0.15, -0.1) is 0 Å². The van der Waals surface area contributed by atoms with Gasteiger partial charge in [0.1, 0.15) is 11.8 Å². The fraction of sp³-hybridized carbons (Fsp3) is 0.318. The van der Waals surface area contributed by atoms with Crippen LogP contribution in [0.5, 0.6) is 5.75 Å². The molecule has 154 valence electrons. The van der Waals surface area contributed by atoms with Crippen LogP contribution >= 0.6 is 0 Å². The van der Waals surface area contributed by atoms with Crippen LogP contribution in [0, 0.1) is 5.92 Å². The van der Waals surface area contributed by atoms with Crippen LogP contribution in [0.4, 0.5) is 5.69 Å². The smallest absolute Gasteiger partial charge is 0.337 e. The molecule has 7 nitrogen and oxygen atoms in total. The van der Waals surface area contributed by atoms with Crippen LogP contribution in [0.15, 0.2) is 48.5 Å². The van der Waals surface area contributed by atoms with Crippen molar-refractivity contribution in [3.05, 3.63) is 59.7 Å². The zero-order valence-electron chi connectivity index (χ0n) is 17.0. The Labute approximate surface area is 170 Å². The molecule has 2 N–H and O–H groups in total. The summed E-state index contributed by atoms with van der Waals surface area (Å²) in [5.41, 5.74) is 1.26. The number of anilines is 1. The average Bonchev–Trinajstić information content (AvgIpc) is 2.72. The topological polar surface area (TPSA) is 93.7 Å². The highest BCUT2D eigenvalue weighted by Crippen LogP contribution is 2.19. The van der Waals surface area contributed by atoms with Crippen LogP contribution in [0.2, 0.25) is 0 Å². The van der Waals surface area contributed by atoms with E-state index < -0.39 is 12.0 Å². The SMILES string of the molecule is CCOc1ccccc1C(=O)NC(C(=O)Nc1ccc(C(=O)OC)cc1)C(C)C. The number of hydrogen-bond acceptors (Lipinski definition) is 5. The molecule has 2 rings (SSSR count). The van der Waals surface area contributed by atoms with Crippen molar-refractivity contribution in [3.63, 3.8) is 0 Å². The van der Waals surface area contributed by atoms with Crippen molar-refractivity contribution >= 4 is 23.5 Å². The molecular weight excluding hydrogens is 372 g/mol. The Morgan fingerprint density at radius 2 is 1.66 bits per heavy atom. The van der Waals surface area contributed by atoms with Crippen molar-refractivity contribution in [1.82, 2.24) is 5.32 Å². The third-order valence-corrected chi connectivity index (χ3v) is 4.24. The summed E-state index contributed by atoms with van der Waals surface area (Å²) >= 11 is 0. The van der Waals surface area contributed by atoms with Crippen LogP contribution in [0.1, 0.15) is 41.5 Å². The van der Waals surface area contributed by atoms with Gasteiger partial charge in [0.05, 0.1) is 24.8 Å². The second-order valence-corrected chi connectivity index (χ2v) is 6.68. The molecule has 29 heavy (non-hydrogen) atoms. The first-order valence-corrected chi connectivity index (χ1v) is 9.39. The van der Waals surface area contributed by atoms with Crippen molar-refractivity contribution in [2.75, 3.05) is 19.0 Å². The van der Waals surface area contributed by atoms with E-state index in [1.807, 2.05) is 20.8 Å². The molecule has 2 aromatic rings. The normalized spacial score (nSPS) is 11.5. The summed E-state index contributed by atoms with van der Waals surface area (Å²) in [6.07, 6.45) is 0. The lowest BCUT2D eigenvalue weighted by Gasteiger charge is -2.22. The number of ether oxygens (including phenoxy) is 2. The van der Waals surface area contributed by atoms with Gasteiger partial charge in [-0.1, -0.05) is 26.0 Å². The van der Waals surface area contributed by atoms with Gasteiger partial charge in [-0.3, -0.25) is 9.59 Å². The van der Waals surface area contributed by atoms with Gasteiger partial charge in [-0.2, -0.15) is 0 Å². The van der Waals surface area contributed by atoms with Gasteiger partial charge in [0, 0.05) is 5.69 Å². The largest absolute Gasteiger partial charge is 0.493 e. The standard InChI is InChI=1S/C22H26N2O5/c1-5-29-18-9-7-6-8-17(18)20(25)24-19(14(2)3)21(26)23-16-12-10-15(11-13-16)22(27)28-4/h6-14,19H,5H2,1-4H3,(H,23,26)(H,24,25). The number of amides is 2. The maximum atomic E-state index is 12.8. The summed E-state index contributed by atoms with van der Waals surface area (Å²) in [5.74, 6) is -0.874. The fourth-order valence-electron chi connectivity index (χ4n) is 2.72. The molecule has 0 radical (unpaired) electrons. The highest BCUT2D eigenvalue weighted by atomic mass is 16.5. The molecule has 0 aliphatic rings. The van der Waals surface area contributed by atoms with E-state index in [2.05, 4.69) is 15.4 Å². The number of carbonyl (C=O) groups is 3. The number of benzene rings is 2. The first kappa shape index (κ1) is 21.9. The molecule has 0 bridgehead atoms. The number of esters is 1. The van der Waals surface area contributed by atoms with E-state index in [0.29, 0.717) is 29.2 Å². The lowest BCUT2D eigenvalue weighted by Crippen LogP contribution is -2.47. The minimum absolute atomic E-state index is 0.146. The Bertz CT molecular complexity index is 862. The van der Waals surface area contributed by atoms with Crippen molar-refractivity contribution in [3.8, 4) is 5.75 Å². The number of nitrogens with one attached hydrogen (secondary N) is 2. The Kier molecular flexibility index (Phi) is 7.77. The van der Waals surface area contributed by atoms with Crippen LogP contribution in [-0.4, -0.2) is 37.5 Å². The summed E-state index contributed by atoms with van der Waals surface area (Å²) in [6.45, 7) is 5.96. The van der Waals surface area contributed by atoms with E-state index in [0.717, 1.165) is 0 Å². The zero-order valence-corrected chi connectivity index (χ0v) is 17.0. The fourth-order valence-corrected chi connectivity index (χ4v) is 2.72. The highest BCUT2D eigenvalue weighted by Gasteiger charge is 2.26. The molecule has 0 aromatic heterocycles. The first-order valence-electron chi connectivity index (χ1n) is 9.39. The summed E-state index contributed by atoms with van der Waals surface area (Å²) in [4.78, 5) is 37.0. The van der Waals surface area contributed by atoms with Crippen LogP contribution in [0.25, 0.3) is 0 Å². The molecule has 0 heterocycles. The monoisotopic (exact) mass is 398 g/mol. The molecule has 1 atom stereocenters. The Morgan fingerprint density at radius 3 is 2.24 bits per heavy atom. The average molecular weight is 398 g/mol. The number of hydrogen-bond donors (Lipinski definition) is 2. The van der Waals surface area contributed by atoms with Crippen LogP contribution < -0.4 is 15.4 Å². The van der Waals surface area contributed by atoms with Gasteiger partial charge in [0.2, 0.25) is 5.91 Å². The third kappa shape index (κ3) is 5.81. The van der Waals surface area contributed by atoms with Crippen molar-refractivity contribution in [2.45, 2.75) is 26.8 Å². The summed E-state index contributed by atoms with van der Waals surface area (Å²) in [7, 11) is 1.30. The van der Waals surface area contributed by atoms with E-state index in [1.54, 1.807) is 48.5 Å². The van der Waals surface area contributed by atoms with Crippen LogP contribution in [-0.2, 0) is 9.53 Å². The van der Waals surface area contributed by atoms with E-state index in [9.17, 15) is 14.4 Å². The van der Waals surface area contributed by atoms with E-state index >= 15 is 0 Å². The van der Waals surface area contributed by atoms with Gasteiger partial charge in [0.25, 0.3) is 5.91 Å². The van der Waals surface area contributed by atoms with Gasteiger partial charge < -0.3 is 20.1 Å². The number of methoxy groups -OCH3 is 1. The summed E-state index contributed by atoms with van der Waals surface area (Å²) in [6, 6.07) is 12.5. The zero-order chi connectivity index (χ0) is 21.4. The quantitative estimate of drug-likeness (QED) is 0.666. The van der Waals surface area contributed by atoms with Crippen molar-refractivity contribution in [2.24, 2.45) is 5.92 Å². The lowest BCUT2D eigenvalue weighted by atomic mass is 10.0. The van der Waals surface area contributed by atoms with Gasteiger partial charge >= 0.3 is 5.97 Å². The molecule has 2 amide bonds. The predicted molar refractivity (Wildman–Crippen MR) is 110 cm³/mol.